The second-order valence-electron chi connectivity index (χ2n) is 4.76. The Kier molecular flexibility index (Phi) is 4.74. The van der Waals surface area contributed by atoms with Crippen LogP contribution in [-0.2, 0) is 6.18 Å². The molecule has 0 radical (unpaired) electrons. The number of rotatable bonds is 3. The van der Waals surface area contributed by atoms with Crippen LogP contribution in [0.2, 0.25) is 0 Å². The van der Waals surface area contributed by atoms with Crippen molar-refractivity contribution >= 4 is 15.9 Å². The number of hydrogen-bond acceptors (Lipinski definition) is 1. The number of hydrogen-bond donors (Lipinski definition) is 1. The van der Waals surface area contributed by atoms with E-state index in [1.807, 2.05) is 25.1 Å². The largest absolute Gasteiger partial charge is 0.416 e. The fraction of sp³-hybridized carbons (Fsp3) is 0.250. The van der Waals surface area contributed by atoms with Crippen molar-refractivity contribution in [1.82, 2.24) is 5.32 Å². The summed E-state index contributed by atoms with van der Waals surface area (Å²) in [6, 6.07) is 10.7. The first-order valence-corrected chi connectivity index (χ1v) is 7.24. The van der Waals surface area contributed by atoms with E-state index < -0.39 is 17.8 Å². The minimum Gasteiger partial charge on any atom is -0.309 e. The van der Waals surface area contributed by atoms with Crippen LogP contribution in [0, 0.1) is 6.92 Å². The maximum Gasteiger partial charge on any atom is 0.416 e. The molecule has 0 amide bonds. The van der Waals surface area contributed by atoms with Gasteiger partial charge in [-0.1, -0.05) is 46.3 Å². The van der Waals surface area contributed by atoms with Crippen molar-refractivity contribution in [1.29, 1.82) is 0 Å². The molecule has 0 fully saturated rings. The molecule has 1 unspecified atom stereocenters. The van der Waals surface area contributed by atoms with Crippen molar-refractivity contribution < 1.29 is 13.2 Å². The van der Waals surface area contributed by atoms with E-state index in [0.717, 1.165) is 21.7 Å². The highest BCUT2D eigenvalue weighted by atomic mass is 79.9. The first kappa shape index (κ1) is 16.0. The lowest BCUT2D eigenvalue weighted by Gasteiger charge is -2.23. The summed E-state index contributed by atoms with van der Waals surface area (Å²) in [6.45, 7) is 1.89. The zero-order chi connectivity index (χ0) is 15.6. The summed E-state index contributed by atoms with van der Waals surface area (Å²) in [5.41, 5.74) is 1.37. The Balaban J connectivity index is 2.60. The predicted octanol–water partition coefficient (Wildman–Crippen LogP) is 5.09. The van der Waals surface area contributed by atoms with E-state index in [-0.39, 0.29) is 5.56 Å². The lowest BCUT2D eigenvalue weighted by Crippen LogP contribution is -2.22. The Labute approximate surface area is 130 Å². The average Bonchev–Trinajstić information content (AvgIpc) is 2.44. The predicted molar refractivity (Wildman–Crippen MR) is 81.2 cm³/mol. The molecule has 1 N–H and O–H groups in total. The molecule has 2 rings (SSSR count). The highest BCUT2D eigenvalue weighted by Crippen LogP contribution is 2.37. The van der Waals surface area contributed by atoms with Gasteiger partial charge in [-0.3, -0.25) is 0 Å². The quantitative estimate of drug-likeness (QED) is 0.806. The normalized spacial score (nSPS) is 13.2. The third-order valence-corrected chi connectivity index (χ3v) is 4.35. The fourth-order valence-corrected chi connectivity index (χ4v) is 2.80. The molecule has 2 aromatic rings. The van der Waals surface area contributed by atoms with Crippen LogP contribution in [0.4, 0.5) is 13.2 Å². The van der Waals surface area contributed by atoms with Crippen molar-refractivity contribution in [3.8, 4) is 0 Å². The van der Waals surface area contributed by atoms with Crippen LogP contribution < -0.4 is 5.32 Å². The van der Waals surface area contributed by atoms with E-state index in [9.17, 15) is 13.2 Å². The van der Waals surface area contributed by atoms with Gasteiger partial charge in [0.25, 0.3) is 0 Å². The molecule has 0 saturated heterocycles. The van der Waals surface area contributed by atoms with Gasteiger partial charge >= 0.3 is 6.18 Å². The monoisotopic (exact) mass is 357 g/mol. The summed E-state index contributed by atoms with van der Waals surface area (Å²) in [7, 11) is 1.66. The zero-order valence-corrected chi connectivity index (χ0v) is 13.2. The average molecular weight is 358 g/mol. The molecule has 0 aliphatic carbocycles. The summed E-state index contributed by atoms with van der Waals surface area (Å²) >= 11 is 3.42. The second kappa shape index (κ2) is 6.20. The van der Waals surface area contributed by atoms with Gasteiger partial charge in [0.15, 0.2) is 0 Å². The topological polar surface area (TPSA) is 12.0 Å². The van der Waals surface area contributed by atoms with Crippen molar-refractivity contribution in [2.24, 2.45) is 0 Å². The summed E-state index contributed by atoms with van der Waals surface area (Å²) in [5.74, 6) is 0. The molecule has 0 bridgehead atoms. The standard InChI is InChI=1S/C16H15BrF3N/c1-10-11(7-5-9-14(10)17)15(21-2)12-6-3-4-8-13(12)16(18,19)20/h3-9,15,21H,1-2H3. The van der Waals surface area contributed by atoms with Crippen LogP contribution in [-0.4, -0.2) is 7.05 Å². The summed E-state index contributed by atoms with van der Waals surface area (Å²) in [6.07, 6.45) is -4.37. The van der Waals surface area contributed by atoms with Gasteiger partial charge in [0.2, 0.25) is 0 Å². The Hall–Kier alpha value is -1.33. The number of nitrogens with one attached hydrogen (secondary N) is 1. The lowest BCUT2D eigenvalue weighted by atomic mass is 9.91. The molecular weight excluding hydrogens is 343 g/mol. The number of alkyl halides is 3. The molecular formula is C16H15BrF3N. The molecule has 0 aromatic heterocycles. The highest BCUT2D eigenvalue weighted by molar-refractivity contribution is 9.10. The van der Waals surface area contributed by atoms with Gasteiger partial charge in [-0.25, -0.2) is 0 Å². The molecule has 0 aliphatic heterocycles. The van der Waals surface area contributed by atoms with Gasteiger partial charge in [0.1, 0.15) is 0 Å². The minimum absolute atomic E-state index is 0.230. The van der Waals surface area contributed by atoms with Gasteiger partial charge in [-0.2, -0.15) is 13.2 Å². The molecule has 0 aliphatic rings. The van der Waals surface area contributed by atoms with Gasteiger partial charge in [0, 0.05) is 4.47 Å². The van der Waals surface area contributed by atoms with Crippen LogP contribution in [0.15, 0.2) is 46.9 Å². The molecule has 0 heterocycles. The van der Waals surface area contributed by atoms with E-state index in [1.54, 1.807) is 13.1 Å². The van der Waals surface area contributed by atoms with E-state index >= 15 is 0 Å². The zero-order valence-electron chi connectivity index (χ0n) is 11.6. The number of halogens is 4. The van der Waals surface area contributed by atoms with Crippen LogP contribution in [0.1, 0.15) is 28.3 Å². The van der Waals surface area contributed by atoms with Crippen molar-refractivity contribution in [3.05, 3.63) is 69.2 Å². The van der Waals surface area contributed by atoms with Gasteiger partial charge in [-0.15, -0.1) is 0 Å². The minimum atomic E-state index is -4.37. The van der Waals surface area contributed by atoms with Crippen LogP contribution in [0.3, 0.4) is 0 Å². The van der Waals surface area contributed by atoms with E-state index in [1.165, 1.54) is 12.1 Å². The van der Waals surface area contributed by atoms with Gasteiger partial charge < -0.3 is 5.32 Å². The van der Waals surface area contributed by atoms with Crippen LogP contribution in [0.5, 0.6) is 0 Å². The van der Waals surface area contributed by atoms with E-state index in [0.29, 0.717) is 0 Å². The summed E-state index contributed by atoms with van der Waals surface area (Å²) in [4.78, 5) is 0. The van der Waals surface area contributed by atoms with E-state index in [4.69, 9.17) is 0 Å². The summed E-state index contributed by atoms with van der Waals surface area (Å²) in [5, 5.41) is 2.99. The van der Waals surface area contributed by atoms with Crippen molar-refractivity contribution in [2.45, 2.75) is 19.1 Å². The Morgan fingerprint density at radius 3 is 2.24 bits per heavy atom. The maximum absolute atomic E-state index is 13.2. The van der Waals surface area contributed by atoms with Crippen molar-refractivity contribution in [2.75, 3.05) is 7.05 Å². The second-order valence-corrected chi connectivity index (χ2v) is 5.62. The Morgan fingerprint density at radius 1 is 1.00 bits per heavy atom. The highest BCUT2D eigenvalue weighted by Gasteiger charge is 2.35. The molecule has 2 aromatic carbocycles. The maximum atomic E-state index is 13.2. The molecule has 1 nitrogen and oxygen atoms in total. The fourth-order valence-electron chi connectivity index (χ4n) is 2.42. The van der Waals surface area contributed by atoms with Crippen LogP contribution in [0.25, 0.3) is 0 Å². The lowest BCUT2D eigenvalue weighted by molar-refractivity contribution is -0.138. The molecule has 0 spiro atoms. The summed E-state index contributed by atoms with van der Waals surface area (Å²) < 4.78 is 40.5. The molecule has 1 atom stereocenters. The molecule has 112 valence electrons. The van der Waals surface area contributed by atoms with E-state index in [2.05, 4.69) is 21.2 Å². The third kappa shape index (κ3) is 3.30. The van der Waals surface area contributed by atoms with Crippen LogP contribution >= 0.6 is 15.9 Å². The first-order chi connectivity index (χ1) is 9.86. The van der Waals surface area contributed by atoms with Crippen molar-refractivity contribution in [3.63, 3.8) is 0 Å². The molecule has 0 saturated carbocycles. The Bertz CT molecular complexity index is 638. The molecule has 5 heteroatoms. The van der Waals surface area contributed by atoms with Gasteiger partial charge in [0.05, 0.1) is 11.6 Å². The third-order valence-electron chi connectivity index (χ3n) is 3.49. The first-order valence-electron chi connectivity index (χ1n) is 6.44. The SMILES string of the molecule is CNC(c1ccccc1C(F)(F)F)c1cccc(Br)c1C. The molecule has 21 heavy (non-hydrogen) atoms. The number of benzene rings is 2. The Morgan fingerprint density at radius 2 is 1.62 bits per heavy atom. The van der Waals surface area contributed by atoms with Gasteiger partial charge in [-0.05, 0) is 42.8 Å². The smallest absolute Gasteiger partial charge is 0.309 e.